The third-order valence-electron chi connectivity index (χ3n) is 2.22. The van der Waals surface area contributed by atoms with Crippen molar-refractivity contribution in [1.82, 2.24) is 10.2 Å². The Kier molecular flexibility index (Phi) is 5.33. The van der Waals surface area contributed by atoms with Gasteiger partial charge in [0.05, 0.1) is 13.2 Å². The number of hydrogen-bond donors (Lipinski definition) is 1. The average Bonchev–Trinajstić information content (AvgIpc) is 2.20. The van der Waals surface area contributed by atoms with Crippen molar-refractivity contribution >= 4 is 0 Å². The molecule has 0 unspecified atom stereocenters. The molecule has 1 saturated heterocycles. The van der Waals surface area contributed by atoms with Gasteiger partial charge in [0.1, 0.15) is 0 Å². The largest absolute Gasteiger partial charge is 0.394 e. The molecule has 0 atom stereocenters. The van der Waals surface area contributed by atoms with E-state index >= 15 is 0 Å². The number of nitrogens with one attached hydrogen (secondary N) is 1. The lowest BCUT2D eigenvalue weighted by atomic mass is 10.3. The first-order valence-electron chi connectivity index (χ1n) is 5.13. The average molecular weight is 196 g/mol. The number of nitrogens with zero attached hydrogens (tertiary/aromatic N) is 1. The zero-order chi connectivity index (χ0) is 10.2. The highest BCUT2D eigenvalue weighted by Gasteiger charge is 2.07. The van der Waals surface area contributed by atoms with Crippen molar-refractivity contribution in [2.75, 3.05) is 39.9 Å². The van der Waals surface area contributed by atoms with Crippen LogP contribution in [0, 0.1) is 0 Å². The number of ether oxygens (including phenoxy) is 1. The third-order valence-corrected chi connectivity index (χ3v) is 2.22. The Morgan fingerprint density at radius 3 is 2.79 bits per heavy atom. The van der Waals surface area contributed by atoms with E-state index in [0.29, 0.717) is 0 Å². The number of hydrogen-bond acceptors (Lipinski definition) is 3. The number of morpholine rings is 1. The van der Waals surface area contributed by atoms with E-state index in [9.17, 15) is 0 Å². The molecular weight excluding hydrogens is 176 g/mol. The maximum absolute atomic E-state index is 5.28. The van der Waals surface area contributed by atoms with Gasteiger partial charge in [-0.15, -0.1) is 0 Å². The Morgan fingerprint density at radius 1 is 1.43 bits per heavy atom. The highest BCUT2D eigenvalue weighted by molar-refractivity contribution is 5.15. The van der Waals surface area contributed by atoms with Gasteiger partial charge in [-0.25, -0.2) is 0 Å². The first kappa shape index (κ1) is 11.3. The molecule has 1 aliphatic heterocycles. The SMILES string of the molecule is CN/C=C(C)\C=C/CN1CCOCC1. The van der Waals surface area contributed by atoms with Crippen molar-refractivity contribution in [3.05, 3.63) is 23.9 Å². The number of allylic oxidation sites excluding steroid dienone is 2. The molecule has 1 N–H and O–H groups in total. The van der Waals surface area contributed by atoms with Gasteiger partial charge in [-0.2, -0.15) is 0 Å². The monoisotopic (exact) mass is 196 g/mol. The van der Waals surface area contributed by atoms with Gasteiger partial charge in [-0.3, -0.25) is 4.90 Å². The van der Waals surface area contributed by atoms with Crippen LogP contribution in [0.4, 0.5) is 0 Å². The van der Waals surface area contributed by atoms with E-state index in [-0.39, 0.29) is 0 Å². The molecule has 0 aliphatic carbocycles. The molecule has 0 aromatic heterocycles. The topological polar surface area (TPSA) is 24.5 Å². The summed E-state index contributed by atoms with van der Waals surface area (Å²) >= 11 is 0. The Bertz CT molecular complexity index is 205. The summed E-state index contributed by atoms with van der Waals surface area (Å²) in [7, 11) is 1.92. The van der Waals surface area contributed by atoms with Gasteiger partial charge >= 0.3 is 0 Å². The first-order valence-corrected chi connectivity index (χ1v) is 5.13. The van der Waals surface area contributed by atoms with E-state index < -0.39 is 0 Å². The summed E-state index contributed by atoms with van der Waals surface area (Å²) in [5, 5.41) is 3.01. The fraction of sp³-hybridized carbons (Fsp3) is 0.636. The summed E-state index contributed by atoms with van der Waals surface area (Å²) < 4.78 is 5.28. The fourth-order valence-corrected chi connectivity index (χ4v) is 1.45. The number of rotatable bonds is 4. The Morgan fingerprint density at radius 2 is 2.14 bits per heavy atom. The molecule has 0 aromatic rings. The van der Waals surface area contributed by atoms with E-state index in [2.05, 4.69) is 29.3 Å². The molecule has 1 rings (SSSR count). The molecule has 1 aliphatic rings. The highest BCUT2D eigenvalue weighted by Crippen LogP contribution is 1.98. The maximum atomic E-state index is 5.28. The molecule has 1 heterocycles. The highest BCUT2D eigenvalue weighted by atomic mass is 16.5. The van der Waals surface area contributed by atoms with Crippen LogP contribution in [0.2, 0.25) is 0 Å². The minimum Gasteiger partial charge on any atom is -0.394 e. The molecule has 0 amide bonds. The normalized spacial score (nSPS) is 20.3. The van der Waals surface area contributed by atoms with Crippen LogP contribution >= 0.6 is 0 Å². The second-order valence-corrected chi connectivity index (χ2v) is 3.49. The summed E-state index contributed by atoms with van der Waals surface area (Å²) in [6.07, 6.45) is 6.34. The van der Waals surface area contributed by atoms with Crippen LogP contribution in [0.25, 0.3) is 0 Å². The van der Waals surface area contributed by atoms with Gasteiger partial charge < -0.3 is 10.1 Å². The van der Waals surface area contributed by atoms with E-state index in [0.717, 1.165) is 32.8 Å². The zero-order valence-corrected chi connectivity index (χ0v) is 9.12. The Balaban J connectivity index is 2.21. The van der Waals surface area contributed by atoms with Crippen LogP contribution in [-0.4, -0.2) is 44.8 Å². The Hall–Kier alpha value is -0.800. The molecule has 0 radical (unpaired) electrons. The van der Waals surface area contributed by atoms with Crippen molar-refractivity contribution in [3.8, 4) is 0 Å². The minimum atomic E-state index is 0.874. The van der Waals surface area contributed by atoms with Crippen molar-refractivity contribution in [3.63, 3.8) is 0 Å². The van der Waals surface area contributed by atoms with Crippen LogP contribution in [0.3, 0.4) is 0 Å². The Labute approximate surface area is 86.4 Å². The standard InChI is InChI=1S/C11H20N2O/c1-11(10-12-2)4-3-5-13-6-8-14-9-7-13/h3-4,10,12H,5-9H2,1-2H3/b4-3-,11-10-. The lowest BCUT2D eigenvalue weighted by Gasteiger charge is -2.25. The molecule has 80 valence electrons. The fourth-order valence-electron chi connectivity index (χ4n) is 1.45. The summed E-state index contributed by atoms with van der Waals surface area (Å²) in [5.74, 6) is 0. The third kappa shape index (κ3) is 4.44. The molecule has 3 heteroatoms. The molecule has 3 nitrogen and oxygen atoms in total. The molecule has 1 fully saturated rings. The quantitative estimate of drug-likeness (QED) is 0.679. The summed E-state index contributed by atoms with van der Waals surface area (Å²) in [5.41, 5.74) is 1.25. The van der Waals surface area contributed by atoms with Gasteiger partial charge in [-0.1, -0.05) is 12.2 Å². The van der Waals surface area contributed by atoms with Crippen LogP contribution in [0.1, 0.15) is 6.92 Å². The molecule has 0 bridgehead atoms. The summed E-state index contributed by atoms with van der Waals surface area (Å²) in [4.78, 5) is 2.40. The smallest absolute Gasteiger partial charge is 0.0594 e. The predicted octanol–water partition coefficient (Wildman–Crippen LogP) is 0.998. The lowest BCUT2D eigenvalue weighted by Crippen LogP contribution is -2.36. The molecule has 0 spiro atoms. The summed E-state index contributed by atoms with van der Waals surface area (Å²) in [6, 6.07) is 0. The van der Waals surface area contributed by atoms with Crippen molar-refractivity contribution < 1.29 is 4.74 Å². The zero-order valence-electron chi connectivity index (χ0n) is 9.12. The van der Waals surface area contributed by atoms with Gasteiger partial charge in [0.15, 0.2) is 0 Å². The van der Waals surface area contributed by atoms with E-state index in [1.807, 2.05) is 13.2 Å². The molecule has 0 saturated carbocycles. The van der Waals surface area contributed by atoms with Crippen LogP contribution < -0.4 is 5.32 Å². The minimum absolute atomic E-state index is 0.874. The maximum Gasteiger partial charge on any atom is 0.0594 e. The summed E-state index contributed by atoms with van der Waals surface area (Å²) in [6.45, 7) is 6.97. The lowest BCUT2D eigenvalue weighted by molar-refractivity contribution is 0.0434. The first-order chi connectivity index (χ1) is 6.83. The molecule has 0 aromatic carbocycles. The van der Waals surface area contributed by atoms with E-state index in [4.69, 9.17) is 4.74 Å². The van der Waals surface area contributed by atoms with Gasteiger partial charge in [-0.05, 0) is 18.7 Å². The van der Waals surface area contributed by atoms with Crippen molar-refractivity contribution in [2.24, 2.45) is 0 Å². The second-order valence-electron chi connectivity index (χ2n) is 3.49. The van der Waals surface area contributed by atoms with Gasteiger partial charge in [0.25, 0.3) is 0 Å². The van der Waals surface area contributed by atoms with Gasteiger partial charge in [0, 0.05) is 26.7 Å². The van der Waals surface area contributed by atoms with Crippen molar-refractivity contribution in [2.45, 2.75) is 6.92 Å². The van der Waals surface area contributed by atoms with Crippen LogP contribution in [-0.2, 0) is 4.74 Å². The van der Waals surface area contributed by atoms with Crippen molar-refractivity contribution in [1.29, 1.82) is 0 Å². The van der Waals surface area contributed by atoms with E-state index in [1.54, 1.807) is 0 Å². The van der Waals surface area contributed by atoms with Crippen LogP contribution in [0.5, 0.6) is 0 Å². The van der Waals surface area contributed by atoms with Gasteiger partial charge in [0.2, 0.25) is 0 Å². The predicted molar refractivity (Wildman–Crippen MR) is 59.2 cm³/mol. The second kappa shape index (κ2) is 6.62. The van der Waals surface area contributed by atoms with E-state index in [1.165, 1.54) is 5.57 Å². The molecular formula is C11H20N2O. The van der Waals surface area contributed by atoms with Crippen LogP contribution in [0.15, 0.2) is 23.9 Å². The molecule has 14 heavy (non-hydrogen) atoms.